The van der Waals surface area contributed by atoms with Gasteiger partial charge in [0.15, 0.2) is 0 Å². The number of rotatable bonds is 5. The largest absolute Gasteiger partial charge is 0.309 e. The van der Waals surface area contributed by atoms with Gasteiger partial charge in [-0.25, -0.2) is 18.5 Å². The van der Waals surface area contributed by atoms with Crippen molar-refractivity contribution in [3.8, 4) is 11.3 Å². The molecule has 0 radical (unpaired) electrons. The summed E-state index contributed by atoms with van der Waals surface area (Å²) in [5.41, 5.74) is 3.67. The topological polar surface area (TPSA) is 68.1 Å². The molecule has 2 heterocycles. The number of benzene rings is 2. The second-order valence-corrected chi connectivity index (χ2v) is 8.51. The summed E-state index contributed by atoms with van der Waals surface area (Å²) in [5, 5.41) is 0.649. The molecule has 2 aromatic carbocycles. The average Bonchev–Trinajstić information content (AvgIpc) is 2.78. The van der Waals surface area contributed by atoms with Crippen LogP contribution in [0.3, 0.4) is 0 Å². The number of para-hydroxylation sites is 1. The molecule has 152 valence electrons. The van der Waals surface area contributed by atoms with Crippen LogP contribution in [0.5, 0.6) is 0 Å². The van der Waals surface area contributed by atoms with Gasteiger partial charge in [0, 0.05) is 29.9 Å². The quantitative estimate of drug-likeness (QED) is 0.489. The van der Waals surface area contributed by atoms with E-state index in [0.717, 1.165) is 16.8 Å². The van der Waals surface area contributed by atoms with Crippen molar-refractivity contribution >= 4 is 33.5 Å². The van der Waals surface area contributed by atoms with Gasteiger partial charge in [-0.05, 0) is 30.7 Å². The fourth-order valence-corrected chi connectivity index (χ4v) is 4.29. The summed E-state index contributed by atoms with van der Waals surface area (Å²) in [5.74, 6) is 0.648. The first-order chi connectivity index (χ1) is 14.5. The third kappa shape index (κ3) is 3.52. The van der Waals surface area contributed by atoms with Crippen molar-refractivity contribution in [1.82, 2.24) is 14.5 Å². The van der Waals surface area contributed by atoms with Crippen LogP contribution in [0.2, 0.25) is 0 Å². The van der Waals surface area contributed by atoms with Crippen molar-refractivity contribution in [2.45, 2.75) is 13.8 Å². The van der Waals surface area contributed by atoms with E-state index >= 15 is 0 Å². The maximum atomic E-state index is 13.2. The van der Waals surface area contributed by atoms with Gasteiger partial charge in [-0.15, -0.1) is 0 Å². The van der Waals surface area contributed by atoms with Crippen LogP contribution in [0.4, 0.5) is 11.6 Å². The Morgan fingerprint density at radius 2 is 1.77 bits per heavy atom. The minimum Gasteiger partial charge on any atom is -0.309 e. The molecule has 0 spiro atoms. The molecular weight excluding hydrogens is 396 g/mol. The van der Waals surface area contributed by atoms with Crippen LogP contribution in [0.15, 0.2) is 71.7 Å². The molecule has 1 atom stereocenters. The minimum absolute atomic E-state index is 0.218. The van der Waals surface area contributed by atoms with Gasteiger partial charge in [0.2, 0.25) is 5.95 Å². The lowest BCUT2D eigenvalue weighted by Crippen LogP contribution is -2.25. The highest BCUT2D eigenvalue weighted by Crippen LogP contribution is 2.27. The van der Waals surface area contributed by atoms with Crippen molar-refractivity contribution in [2.75, 3.05) is 10.1 Å². The highest BCUT2D eigenvalue weighted by Gasteiger charge is 2.20. The predicted octanol–water partition coefficient (Wildman–Crippen LogP) is 4.13. The van der Waals surface area contributed by atoms with E-state index in [4.69, 9.17) is 0 Å². The third-order valence-corrected chi connectivity index (χ3v) is 6.28. The van der Waals surface area contributed by atoms with Crippen LogP contribution in [0.1, 0.15) is 12.5 Å². The van der Waals surface area contributed by atoms with Crippen LogP contribution in [0.25, 0.3) is 22.2 Å². The molecule has 30 heavy (non-hydrogen) atoms. The second-order valence-electron chi connectivity index (χ2n) is 6.92. The molecule has 1 unspecified atom stereocenters. The molecule has 0 aliphatic rings. The maximum Gasteiger partial charge on any atom is 0.277 e. The lowest BCUT2D eigenvalue weighted by atomic mass is 10.0. The fourth-order valence-electron chi connectivity index (χ4n) is 3.40. The van der Waals surface area contributed by atoms with Crippen LogP contribution < -0.4 is 9.86 Å². The highest BCUT2D eigenvalue weighted by atomic mass is 32.2. The number of aromatic nitrogens is 3. The molecule has 4 rings (SSSR count). The predicted molar refractivity (Wildman–Crippen MR) is 122 cm³/mol. The van der Waals surface area contributed by atoms with Crippen LogP contribution >= 0.6 is 0 Å². The number of hydrogen-bond acceptors (Lipinski definition) is 4. The van der Waals surface area contributed by atoms with E-state index in [-0.39, 0.29) is 11.5 Å². The molecule has 7 heteroatoms. The van der Waals surface area contributed by atoms with Crippen LogP contribution in [-0.4, -0.2) is 24.5 Å². The number of fused-ring (bicyclic) bond motifs is 1. The summed E-state index contributed by atoms with van der Waals surface area (Å²) in [6.45, 7) is 3.85. The first-order valence-electron chi connectivity index (χ1n) is 9.67. The zero-order chi connectivity index (χ0) is 21.3. The molecule has 6 nitrogen and oxygen atoms in total. The molecule has 0 aliphatic carbocycles. The molecule has 4 aromatic rings. The molecule has 0 N–H and O–H groups in total. The van der Waals surface area contributed by atoms with Crippen molar-refractivity contribution < 1.29 is 4.21 Å². The molecule has 0 saturated heterocycles. The first-order valence-corrected chi connectivity index (χ1v) is 10.9. The van der Waals surface area contributed by atoms with E-state index in [9.17, 15) is 9.00 Å². The minimum atomic E-state index is -1.36. The zero-order valence-electron chi connectivity index (χ0n) is 17.1. The fraction of sp³-hybridized carbons (Fsp3) is 0.174. The first kappa shape index (κ1) is 20.0. The molecule has 0 bridgehead atoms. The van der Waals surface area contributed by atoms with Crippen LogP contribution in [0, 0.1) is 6.92 Å². The van der Waals surface area contributed by atoms with Gasteiger partial charge in [0.05, 0.1) is 11.4 Å². The van der Waals surface area contributed by atoms with Gasteiger partial charge < -0.3 is 4.57 Å². The lowest BCUT2D eigenvalue weighted by molar-refractivity contribution is 0.683. The molecule has 0 fully saturated rings. The van der Waals surface area contributed by atoms with E-state index in [1.165, 1.54) is 0 Å². The Balaban J connectivity index is 1.90. The summed E-state index contributed by atoms with van der Waals surface area (Å²) < 4.78 is 15.9. The Morgan fingerprint density at radius 3 is 2.47 bits per heavy atom. The second kappa shape index (κ2) is 8.20. The molecule has 0 aliphatic heterocycles. The number of hydrogen-bond donors (Lipinski definition) is 0. The Kier molecular flexibility index (Phi) is 5.46. The van der Waals surface area contributed by atoms with Gasteiger partial charge in [0.25, 0.3) is 5.56 Å². The number of pyridine rings is 1. The van der Waals surface area contributed by atoms with E-state index in [1.54, 1.807) is 22.1 Å². The number of anilines is 2. The van der Waals surface area contributed by atoms with Gasteiger partial charge in [-0.1, -0.05) is 49.4 Å². The normalized spacial score (nSPS) is 12.1. The van der Waals surface area contributed by atoms with Gasteiger partial charge >= 0.3 is 0 Å². The Morgan fingerprint density at radius 1 is 1.07 bits per heavy atom. The Labute approximate surface area is 177 Å². The van der Waals surface area contributed by atoms with E-state index in [1.807, 2.05) is 74.5 Å². The number of aryl methyl sites for hydroxylation is 1. The lowest BCUT2D eigenvalue weighted by Gasteiger charge is -2.21. The Hall–Kier alpha value is -3.32. The van der Waals surface area contributed by atoms with Crippen molar-refractivity contribution in [3.05, 3.63) is 82.8 Å². The summed E-state index contributed by atoms with van der Waals surface area (Å²) in [6.07, 6.45) is 1.63. The van der Waals surface area contributed by atoms with Crippen molar-refractivity contribution in [2.24, 2.45) is 7.05 Å². The van der Waals surface area contributed by atoms with E-state index in [2.05, 4.69) is 9.97 Å². The maximum absolute atomic E-state index is 13.2. The highest BCUT2D eigenvalue weighted by molar-refractivity contribution is 7.86. The molecule has 0 amide bonds. The summed E-state index contributed by atoms with van der Waals surface area (Å²) in [6, 6.07) is 19.2. The van der Waals surface area contributed by atoms with Gasteiger partial charge in [-0.2, -0.15) is 0 Å². The monoisotopic (exact) mass is 418 g/mol. The van der Waals surface area contributed by atoms with E-state index in [0.29, 0.717) is 22.3 Å². The molecule has 2 aromatic heterocycles. The standard InChI is InChI=1S/C23H22N4O2S/c1-4-30(29)27(18-11-6-5-7-12-18)23-24-15-17-14-20(19-13-9-8-10-16(19)2)26(3)22(28)21(17)25-23/h5-15H,4H2,1-3H3. The summed E-state index contributed by atoms with van der Waals surface area (Å²) >= 11 is 0. The van der Waals surface area contributed by atoms with Gasteiger partial charge in [-0.3, -0.25) is 4.79 Å². The van der Waals surface area contributed by atoms with Crippen molar-refractivity contribution in [3.63, 3.8) is 0 Å². The Bertz CT molecular complexity index is 1300. The summed E-state index contributed by atoms with van der Waals surface area (Å²) in [7, 11) is 0.381. The summed E-state index contributed by atoms with van der Waals surface area (Å²) in [4.78, 5) is 22.1. The van der Waals surface area contributed by atoms with E-state index < -0.39 is 11.0 Å². The number of nitrogens with zero attached hydrogens (tertiary/aromatic N) is 4. The van der Waals surface area contributed by atoms with Crippen LogP contribution in [-0.2, 0) is 18.0 Å². The zero-order valence-corrected chi connectivity index (χ0v) is 17.9. The smallest absolute Gasteiger partial charge is 0.277 e. The third-order valence-electron chi connectivity index (χ3n) is 5.01. The molecular formula is C23H22N4O2S. The SMILES string of the molecule is CCS(=O)N(c1ccccc1)c1ncc2cc(-c3ccccc3C)n(C)c(=O)c2n1. The molecule has 0 saturated carbocycles. The van der Waals surface area contributed by atoms with Gasteiger partial charge in [0.1, 0.15) is 16.5 Å². The average molecular weight is 419 g/mol. The van der Waals surface area contributed by atoms with Crippen molar-refractivity contribution in [1.29, 1.82) is 0 Å².